The molecule has 0 amide bonds. The summed E-state index contributed by atoms with van der Waals surface area (Å²) < 4.78 is 6.16. The van der Waals surface area contributed by atoms with Crippen LogP contribution in [0.1, 0.15) is 0 Å². The first-order valence-corrected chi connectivity index (χ1v) is 20.5. The molecule has 0 unspecified atom stereocenters. The van der Waals surface area contributed by atoms with E-state index < -0.39 is 0 Å². The zero-order chi connectivity index (χ0) is 39.8. The van der Waals surface area contributed by atoms with Crippen molar-refractivity contribution in [2.75, 3.05) is 4.90 Å². The molecule has 1 heterocycles. The molecule has 1 aromatic heterocycles. The van der Waals surface area contributed by atoms with Gasteiger partial charge in [0.2, 0.25) is 0 Å². The molecule has 0 atom stereocenters. The minimum atomic E-state index is 0.899. The molecule has 0 saturated carbocycles. The van der Waals surface area contributed by atoms with Crippen molar-refractivity contribution in [2.24, 2.45) is 0 Å². The summed E-state index contributed by atoms with van der Waals surface area (Å²) in [4.78, 5) is 2.35. The standard InChI is InChI=1S/C58H39NO/c1-2-10-40(11-3-1)41-20-22-42(23-21-41)44-28-33-50(34-29-44)59(52-15-8-14-48(38-52)49-32-37-58-56(39-49)55-17-6-7-19-57(55)60-58)51-35-30-45(31-36-51)43-24-26-47(27-25-43)54-18-9-13-46-12-4-5-16-53(46)54/h1-39H. The van der Waals surface area contributed by atoms with Gasteiger partial charge in [0.05, 0.1) is 0 Å². The van der Waals surface area contributed by atoms with E-state index in [0.29, 0.717) is 0 Å². The fraction of sp³-hybridized carbons (Fsp3) is 0. The first-order valence-electron chi connectivity index (χ1n) is 20.5. The van der Waals surface area contributed by atoms with Crippen LogP contribution in [0.2, 0.25) is 0 Å². The molecule has 0 fully saturated rings. The third-order valence-corrected chi connectivity index (χ3v) is 11.7. The summed E-state index contributed by atoms with van der Waals surface area (Å²) in [5, 5.41) is 4.78. The molecule has 10 aromatic carbocycles. The molecule has 2 nitrogen and oxygen atoms in total. The van der Waals surface area contributed by atoms with Crippen LogP contribution in [0.25, 0.3) is 88.3 Å². The number of nitrogens with zero attached hydrogens (tertiary/aromatic N) is 1. The molecule has 11 aromatic rings. The molecule has 11 rings (SSSR count). The molecule has 0 aliphatic rings. The topological polar surface area (TPSA) is 16.4 Å². The van der Waals surface area contributed by atoms with E-state index in [9.17, 15) is 0 Å². The Morgan fingerprint density at radius 1 is 0.250 bits per heavy atom. The van der Waals surface area contributed by atoms with Gasteiger partial charge in [0.25, 0.3) is 0 Å². The first kappa shape index (κ1) is 35.2. The van der Waals surface area contributed by atoms with Crippen molar-refractivity contribution in [3.63, 3.8) is 0 Å². The molecular weight excluding hydrogens is 727 g/mol. The van der Waals surface area contributed by atoms with Crippen LogP contribution in [0.3, 0.4) is 0 Å². The lowest BCUT2D eigenvalue weighted by Crippen LogP contribution is -2.10. The van der Waals surface area contributed by atoms with Gasteiger partial charge in [-0.1, -0.05) is 182 Å². The summed E-state index contributed by atoms with van der Waals surface area (Å²) in [6.07, 6.45) is 0. The molecule has 282 valence electrons. The van der Waals surface area contributed by atoms with Crippen LogP contribution >= 0.6 is 0 Å². The number of rotatable bonds is 8. The Morgan fingerprint density at radius 2 is 0.700 bits per heavy atom. The highest BCUT2D eigenvalue weighted by Crippen LogP contribution is 2.40. The lowest BCUT2D eigenvalue weighted by atomic mass is 9.96. The minimum absolute atomic E-state index is 0.899. The molecule has 0 saturated heterocycles. The van der Waals surface area contributed by atoms with Gasteiger partial charge in [0.1, 0.15) is 11.2 Å². The monoisotopic (exact) mass is 765 g/mol. The van der Waals surface area contributed by atoms with Crippen LogP contribution in [0.15, 0.2) is 241 Å². The van der Waals surface area contributed by atoms with E-state index in [1.165, 1.54) is 55.3 Å². The van der Waals surface area contributed by atoms with Crippen molar-refractivity contribution < 1.29 is 4.42 Å². The number of fused-ring (bicyclic) bond motifs is 4. The highest BCUT2D eigenvalue weighted by Gasteiger charge is 2.16. The van der Waals surface area contributed by atoms with E-state index in [2.05, 4.69) is 229 Å². The third kappa shape index (κ3) is 6.61. The number of hydrogen-bond acceptors (Lipinski definition) is 2. The molecule has 0 aliphatic carbocycles. The first-order chi connectivity index (χ1) is 29.7. The van der Waals surface area contributed by atoms with Crippen LogP contribution in [-0.4, -0.2) is 0 Å². The number of benzene rings is 10. The number of para-hydroxylation sites is 1. The van der Waals surface area contributed by atoms with E-state index in [1.54, 1.807) is 0 Å². The average molecular weight is 766 g/mol. The zero-order valence-electron chi connectivity index (χ0n) is 32.9. The molecule has 60 heavy (non-hydrogen) atoms. The number of anilines is 3. The van der Waals surface area contributed by atoms with Crippen molar-refractivity contribution in [2.45, 2.75) is 0 Å². The Labute approximate surface area is 349 Å². The van der Waals surface area contributed by atoms with Crippen molar-refractivity contribution in [3.05, 3.63) is 237 Å². The highest BCUT2D eigenvalue weighted by atomic mass is 16.3. The number of furan rings is 1. The quantitative estimate of drug-likeness (QED) is 0.153. The summed E-state index contributed by atoms with van der Waals surface area (Å²) in [5.74, 6) is 0. The maximum Gasteiger partial charge on any atom is 0.135 e. The van der Waals surface area contributed by atoms with Gasteiger partial charge in [-0.3, -0.25) is 0 Å². The van der Waals surface area contributed by atoms with Crippen LogP contribution in [0.5, 0.6) is 0 Å². The minimum Gasteiger partial charge on any atom is -0.456 e. The smallest absolute Gasteiger partial charge is 0.135 e. The van der Waals surface area contributed by atoms with Crippen molar-refractivity contribution >= 4 is 49.8 Å². The molecule has 0 N–H and O–H groups in total. The second kappa shape index (κ2) is 15.1. The van der Waals surface area contributed by atoms with Gasteiger partial charge in [0, 0.05) is 27.8 Å². The highest BCUT2D eigenvalue weighted by molar-refractivity contribution is 6.06. The summed E-state index contributed by atoms with van der Waals surface area (Å²) in [5.41, 5.74) is 17.0. The van der Waals surface area contributed by atoms with Gasteiger partial charge in [-0.05, 0) is 121 Å². The van der Waals surface area contributed by atoms with E-state index in [-0.39, 0.29) is 0 Å². The van der Waals surface area contributed by atoms with Gasteiger partial charge in [-0.15, -0.1) is 0 Å². The zero-order valence-corrected chi connectivity index (χ0v) is 32.9. The predicted molar refractivity (Wildman–Crippen MR) is 253 cm³/mol. The molecule has 0 radical (unpaired) electrons. The average Bonchev–Trinajstić information content (AvgIpc) is 3.71. The molecule has 0 aliphatic heterocycles. The Kier molecular flexibility index (Phi) is 8.87. The molecule has 0 bridgehead atoms. The van der Waals surface area contributed by atoms with Crippen molar-refractivity contribution in [1.82, 2.24) is 0 Å². The summed E-state index contributed by atoms with van der Waals surface area (Å²) in [7, 11) is 0. The van der Waals surface area contributed by atoms with E-state index >= 15 is 0 Å². The summed E-state index contributed by atoms with van der Waals surface area (Å²) in [6.45, 7) is 0. The van der Waals surface area contributed by atoms with Gasteiger partial charge in [0.15, 0.2) is 0 Å². The van der Waals surface area contributed by atoms with Crippen LogP contribution in [-0.2, 0) is 0 Å². The maximum atomic E-state index is 6.16. The largest absolute Gasteiger partial charge is 0.456 e. The molecule has 2 heteroatoms. The van der Waals surface area contributed by atoms with E-state index in [1.807, 2.05) is 12.1 Å². The molecule has 0 spiro atoms. The fourth-order valence-electron chi connectivity index (χ4n) is 8.59. The van der Waals surface area contributed by atoms with Gasteiger partial charge < -0.3 is 9.32 Å². The molecular formula is C58H39NO. The lowest BCUT2D eigenvalue weighted by Gasteiger charge is -2.26. The Morgan fingerprint density at radius 3 is 1.37 bits per heavy atom. The normalized spacial score (nSPS) is 11.3. The van der Waals surface area contributed by atoms with Crippen LogP contribution in [0.4, 0.5) is 17.1 Å². The Bertz CT molecular complexity index is 3270. The van der Waals surface area contributed by atoms with Crippen LogP contribution in [0, 0.1) is 0 Å². The van der Waals surface area contributed by atoms with Gasteiger partial charge >= 0.3 is 0 Å². The second-order valence-corrected chi connectivity index (χ2v) is 15.3. The van der Waals surface area contributed by atoms with Gasteiger partial charge in [-0.2, -0.15) is 0 Å². The number of hydrogen-bond donors (Lipinski definition) is 0. The third-order valence-electron chi connectivity index (χ3n) is 11.7. The Hall–Kier alpha value is -7.94. The second-order valence-electron chi connectivity index (χ2n) is 15.3. The summed E-state index contributed by atoms with van der Waals surface area (Å²) in [6, 6.07) is 84.9. The Balaban J connectivity index is 0.944. The predicted octanol–water partition coefficient (Wildman–Crippen LogP) is 16.5. The van der Waals surface area contributed by atoms with E-state index in [4.69, 9.17) is 4.42 Å². The SMILES string of the molecule is c1ccc(-c2ccc(-c3ccc(N(c4ccc(-c5ccc(-c6cccc7ccccc67)cc5)cc4)c4cccc(-c5ccc6oc7ccccc7c6c5)c4)cc3)cc2)cc1. The fourth-order valence-corrected chi connectivity index (χ4v) is 8.59. The maximum absolute atomic E-state index is 6.16. The van der Waals surface area contributed by atoms with Crippen molar-refractivity contribution in [3.8, 4) is 55.6 Å². The van der Waals surface area contributed by atoms with Crippen molar-refractivity contribution in [1.29, 1.82) is 0 Å². The summed E-state index contributed by atoms with van der Waals surface area (Å²) >= 11 is 0. The van der Waals surface area contributed by atoms with Crippen LogP contribution < -0.4 is 4.90 Å². The lowest BCUT2D eigenvalue weighted by molar-refractivity contribution is 0.669. The van der Waals surface area contributed by atoms with Gasteiger partial charge in [-0.25, -0.2) is 0 Å². The van der Waals surface area contributed by atoms with E-state index in [0.717, 1.165) is 50.1 Å².